The van der Waals surface area contributed by atoms with Crippen LogP contribution in [-0.2, 0) is 0 Å². The Labute approximate surface area is 115 Å². The third-order valence-corrected chi connectivity index (χ3v) is 4.37. The first-order chi connectivity index (χ1) is 9.00. The molecule has 104 valence electrons. The van der Waals surface area contributed by atoms with Gasteiger partial charge in [-0.2, -0.15) is 0 Å². The lowest BCUT2D eigenvalue weighted by atomic mass is 9.86. The molecule has 1 aromatic rings. The van der Waals surface area contributed by atoms with E-state index in [9.17, 15) is 4.79 Å². The van der Waals surface area contributed by atoms with Gasteiger partial charge in [-0.3, -0.25) is 4.79 Å². The summed E-state index contributed by atoms with van der Waals surface area (Å²) in [5.41, 5.74) is 8.18. The molecule has 3 heteroatoms. The fourth-order valence-corrected chi connectivity index (χ4v) is 2.95. The predicted octanol–water partition coefficient (Wildman–Crippen LogP) is 3.23. The molecule has 0 spiro atoms. The van der Waals surface area contributed by atoms with Crippen LogP contribution in [0, 0.1) is 12.8 Å². The van der Waals surface area contributed by atoms with Crippen LogP contribution in [0.2, 0.25) is 0 Å². The van der Waals surface area contributed by atoms with E-state index >= 15 is 0 Å². The number of nitrogens with two attached hydrogens (primary N) is 1. The zero-order valence-electron chi connectivity index (χ0n) is 12.1. The van der Waals surface area contributed by atoms with E-state index in [0.29, 0.717) is 17.3 Å². The highest BCUT2D eigenvalue weighted by Crippen LogP contribution is 2.28. The van der Waals surface area contributed by atoms with E-state index in [1.165, 1.54) is 12.8 Å². The minimum atomic E-state index is 0.0650. The number of carbonyl (C=O) groups excluding carboxylic acids is 1. The number of nitrogens with zero attached hydrogens (tertiary/aromatic N) is 1. The molecule has 1 aromatic carbocycles. The molecule has 3 nitrogen and oxygen atoms in total. The topological polar surface area (TPSA) is 46.3 Å². The number of amides is 1. The molecule has 1 amide bonds. The summed E-state index contributed by atoms with van der Waals surface area (Å²) >= 11 is 0. The highest BCUT2D eigenvalue weighted by Gasteiger charge is 2.26. The van der Waals surface area contributed by atoms with Gasteiger partial charge in [0.25, 0.3) is 5.91 Å². The van der Waals surface area contributed by atoms with Gasteiger partial charge in [0, 0.05) is 18.8 Å². The summed E-state index contributed by atoms with van der Waals surface area (Å²) in [4.78, 5) is 14.5. The molecule has 0 saturated heterocycles. The van der Waals surface area contributed by atoms with Crippen LogP contribution in [0.3, 0.4) is 0 Å². The first kappa shape index (κ1) is 13.9. The molecule has 2 rings (SSSR count). The largest absolute Gasteiger partial charge is 0.398 e. The molecule has 1 aliphatic rings. The lowest BCUT2D eigenvalue weighted by Gasteiger charge is -2.34. The summed E-state index contributed by atoms with van der Waals surface area (Å²) in [6.07, 6.45) is 4.64. The van der Waals surface area contributed by atoms with E-state index in [1.54, 1.807) is 6.07 Å². The van der Waals surface area contributed by atoms with E-state index in [1.807, 2.05) is 31.0 Å². The van der Waals surface area contributed by atoms with Crippen LogP contribution in [0.4, 0.5) is 5.69 Å². The molecule has 1 saturated carbocycles. The van der Waals surface area contributed by atoms with Crippen LogP contribution < -0.4 is 5.73 Å². The maximum Gasteiger partial charge on any atom is 0.256 e. The second-order valence-electron chi connectivity index (χ2n) is 5.87. The first-order valence-electron chi connectivity index (χ1n) is 7.13. The second-order valence-corrected chi connectivity index (χ2v) is 5.87. The van der Waals surface area contributed by atoms with Crippen molar-refractivity contribution in [3.05, 3.63) is 29.3 Å². The average Bonchev–Trinajstić information content (AvgIpc) is 2.38. The smallest absolute Gasteiger partial charge is 0.256 e. The maximum atomic E-state index is 12.6. The maximum absolute atomic E-state index is 12.6. The van der Waals surface area contributed by atoms with Gasteiger partial charge in [0.1, 0.15) is 0 Å². The van der Waals surface area contributed by atoms with Crippen LogP contribution >= 0.6 is 0 Å². The van der Waals surface area contributed by atoms with Crippen molar-refractivity contribution >= 4 is 11.6 Å². The van der Waals surface area contributed by atoms with Gasteiger partial charge in [-0.15, -0.1) is 0 Å². The van der Waals surface area contributed by atoms with Crippen LogP contribution in [0.1, 0.15) is 48.5 Å². The number of anilines is 1. The number of benzene rings is 1. The Morgan fingerprint density at radius 1 is 1.26 bits per heavy atom. The van der Waals surface area contributed by atoms with Gasteiger partial charge in [-0.05, 0) is 50.2 Å². The zero-order chi connectivity index (χ0) is 14.0. The molecule has 0 bridgehead atoms. The van der Waals surface area contributed by atoms with Crippen molar-refractivity contribution in [3.8, 4) is 0 Å². The van der Waals surface area contributed by atoms with Gasteiger partial charge in [-0.1, -0.05) is 19.1 Å². The van der Waals surface area contributed by atoms with Crippen molar-refractivity contribution in [3.63, 3.8) is 0 Å². The number of rotatable bonds is 2. The summed E-state index contributed by atoms with van der Waals surface area (Å²) in [6.45, 7) is 4.23. The Kier molecular flexibility index (Phi) is 4.13. The molecule has 19 heavy (non-hydrogen) atoms. The highest BCUT2D eigenvalue weighted by atomic mass is 16.2. The van der Waals surface area contributed by atoms with Crippen LogP contribution in [0.15, 0.2) is 18.2 Å². The van der Waals surface area contributed by atoms with Crippen LogP contribution in [-0.4, -0.2) is 23.9 Å². The molecule has 1 fully saturated rings. The van der Waals surface area contributed by atoms with E-state index in [2.05, 4.69) is 6.92 Å². The van der Waals surface area contributed by atoms with Gasteiger partial charge in [0.05, 0.1) is 5.56 Å². The van der Waals surface area contributed by atoms with Gasteiger partial charge in [0.15, 0.2) is 0 Å². The number of aryl methyl sites for hydroxylation is 1. The number of hydrogen-bond donors (Lipinski definition) is 1. The number of carbonyl (C=O) groups is 1. The van der Waals surface area contributed by atoms with Crippen molar-refractivity contribution < 1.29 is 4.79 Å². The van der Waals surface area contributed by atoms with Crippen molar-refractivity contribution in [1.82, 2.24) is 4.90 Å². The molecule has 0 heterocycles. The minimum Gasteiger partial charge on any atom is -0.398 e. The van der Waals surface area contributed by atoms with Gasteiger partial charge >= 0.3 is 0 Å². The molecule has 2 N–H and O–H groups in total. The van der Waals surface area contributed by atoms with Gasteiger partial charge in [-0.25, -0.2) is 0 Å². The average molecular weight is 260 g/mol. The van der Waals surface area contributed by atoms with Crippen molar-refractivity contribution in [1.29, 1.82) is 0 Å². The van der Waals surface area contributed by atoms with Crippen molar-refractivity contribution in [2.75, 3.05) is 12.8 Å². The third kappa shape index (κ3) is 2.91. The molecule has 0 aliphatic heterocycles. The van der Waals surface area contributed by atoms with Gasteiger partial charge in [0.2, 0.25) is 0 Å². The molecule has 0 radical (unpaired) electrons. The SMILES string of the molecule is Cc1cccc(N)c1C(=O)N(C)C1CCC(C)CC1. The number of hydrogen-bond acceptors (Lipinski definition) is 2. The first-order valence-corrected chi connectivity index (χ1v) is 7.13. The second kappa shape index (κ2) is 5.64. The summed E-state index contributed by atoms with van der Waals surface area (Å²) in [7, 11) is 1.91. The van der Waals surface area contributed by atoms with E-state index in [4.69, 9.17) is 5.73 Å². The molecule has 0 aromatic heterocycles. The Bertz CT molecular complexity index is 442. The molecule has 1 aliphatic carbocycles. The molecular weight excluding hydrogens is 236 g/mol. The summed E-state index contributed by atoms with van der Waals surface area (Å²) in [5, 5.41) is 0. The summed E-state index contributed by atoms with van der Waals surface area (Å²) < 4.78 is 0. The van der Waals surface area contributed by atoms with Gasteiger partial charge < -0.3 is 10.6 Å². The third-order valence-electron chi connectivity index (χ3n) is 4.37. The Balaban J connectivity index is 2.15. The quantitative estimate of drug-likeness (QED) is 0.830. The monoisotopic (exact) mass is 260 g/mol. The minimum absolute atomic E-state index is 0.0650. The lowest BCUT2D eigenvalue weighted by Crippen LogP contribution is -2.39. The van der Waals surface area contributed by atoms with E-state index in [-0.39, 0.29) is 5.91 Å². The van der Waals surface area contributed by atoms with Crippen LogP contribution in [0.25, 0.3) is 0 Å². The Morgan fingerprint density at radius 3 is 2.47 bits per heavy atom. The lowest BCUT2D eigenvalue weighted by molar-refractivity contribution is 0.0680. The Morgan fingerprint density at radius 2 is 1.89 bits per heavy atom. The summed E-state index contributed by atoms with van der Waals surface area (Å²) in [5.74, 6) is 0.860. The highest BCUT2D eigenvalue weighted by molar-refractivity contribution is 6.00. The number of nitrogen functional groups attached to an aromatic ring is 1. The molecular formula is C16H24N2O. The van der Waals surface area contributed by atoms with E-state index in [0.717, 1.165) is 24.3 Å². The normalized spacial score (nSPS) is 23.1. The molecule has 0 unspecified atom stereocenters. The molecule has 0 atom stereocenters. The zero-order valence-corrected chi connectivity index (χ0v) is 12.1. The standard InChI is InChI=1S/C16H24N2O/c1-11-7-9-13(10-8-11)18(3)16(19)15-12(2)5-4-6-14(15)17/h4-6,11,13H,7-10,17H2,1-3H3. The van der Waals surface area contributed by atoms with Crippen molar-refractivity contribution in [2.24, 2.45) is 5.92 Å². The van der Waals surface area contributed by atoms with Crippen molar-refractivity contribution in [2.45, 2.75) is 45.6 Å². The Hall–Kier alpha value is -1.51. The fourth-order valence-electron chi connectivity index (χ4n) is 2.95. The van der Waals surface area contributed by atoms with E-state index < -0.39 is 0 Å². The van der Waals surface area contributed by atoms with Crippen LogP contribution in [0.5, 0.6) is 0 Å². The summed E-state index contributed by atoms with van der Waals surface area (Å²) in [6, 6.07) is 6.00. The fraction of sp³-hybridized carbons (Fsp3) is 0.562. The predicted molar refractivity (Wildman–Crippen MR) is 79.1 cm³/mol.